The fourth-order valence-corrected chi connectivity index (χ4v) is 4.83. The summed E-state index contributed by atoms with van der Waals surface area (Å²) < 4.78 is 1.17. The average molecular weight is 317 g/mol. The summed E-state index contributed by atoms with van der Waals surface area (Å²) in [4.78, 5) is 18.1. The number of piperidine rings is 1. The first-order valence-electron chi connectivity index (χ1n) is 8.32. The highest BCUT2D eigenvalue weighted by Gasteiger charge is 2.35. The van der Waals surface area contributed by atoms with Gasteiger partial charge in [-0.15, -0.1) is 11.3 Å². The maximum atomic E-state index is 12.8. The molecular formula is C17H23N3OS. The van der Waals surface area contributed by atoms with Gasteiger partial charge in [-0.3, -0.25) is 4.79 Å². The van der Waals surface area contributed by atoms with Crippen LogP contribution in [0.3, 0.4) is 0 Å². The van der Waals surface area contributed by atoms with Gasteiger partial charge >= 0.3 is 0 Å². The Kier molecular flexibility index (Phi) is 3.70. The van der Waals surface area contributed by atoms with Crippen molar-refractivity contribution >= 4 is 27.5 Å². The molecule has 118 valence electrons. The van der Waals surface area contributed by atoms with Crippen LogP contribution in [-0.2, 0) is 0 Å². The number of hydrogen-bond donors (Lipinski definition) is 2. The van der Waals surface area contributed by atoms with E-state index in [2.05, 4.69) is 20.6 Å². The van der Waals surface area contributed by atoms with E-state index < -0.39 is 0 Å². The molecule has 1 amide bonds. The van der Waals surface area contributed by atoms with E-state index in [0.29, 0.717) is 5.41 Å². The number of likely N-dealkylation sites (tertiary alicyclic amines) is 1. The molecule has 0 atom stereocenters. The number of hydrogen-bond acceptors (Lipinski definition) is 3. The molecular weight excluding hydrogens is 294 g/mol. The van der Waals surface area contributed by atoms with Crippen molar-refractivity contribution in [2.75, 3.05) is 26.2 Å². The van der Waals surface area contributed by atoms with Crippen molar-refractivity contribution in [2.45, 2.75) is 32.1 Å². The van der Waals surface area contributed by atoms with Crippen molar-refractivity contribution in [3.8, 4) is 0 Å². The second-order valence-electron chi connectivity index (χ2n) is 6.78. The van der Waals surface area contributed by atoms with Crippen LogP contribution in [0.15, 0.2) is 17.5 Å². The summed E-state index contributed by atoms with van der Waals surface area (Å²) in [5.74, 6) is 0.175. The Labute approximate surface area is 134 Å². The molecule has 22 heavy (non-hydrogen) atoms. The Morgan fingerprint density at radius 3 is 2.86 bits per heavy atom. The molecule has 0 aliphatic carbocycles. The minimum absolute atomic E-state index is 0.175. The van der Waals surface area contributed by atoms with Gasteiger partial charge in [0.15, 0.2) is 0 Å². The average Bonchev–Trinajstić information content (AvgIpc) is 3.07. The van der Waals surface area contributed by atoms with Gasteiger partial charge in [-0.1, -0.05) is 0 Å². The van der Waals surface area contributed by atoms with Crippen molar-refractivity contribution in [3.63, 3.8) is 0 Å². The van der Waals surface area contributed by atoms with Crippen LogP contribution in [0.1, 0.15) is 42.6 Å². The lowest BCUT2D eigenvalue weighted by molar-refractivity contribution is 0.0745. The Hall–Kier alpha value is -1.33. The van der Waals surface area contributed by atoms with Crippen molar-refractivity contribution < 1.29 is 4.79 Å². The van der Waals surface area contributed by atoms with Crippen LogP contribution in [0.5, 0.6) is 0 Å². The normalized spacial score (nSPS) is 22.1. The lowest BCUT2D eigenvalue weighted by atomic mass is 9.73. The Balaban J connectivity index is 1.48. The summed E-state index contributed by atoms with van der Waals surface area (Å²) in [6, 6.07) is 4.05. The molecule has 2 fully saturated rings. The highest BCUT2D eigenvalue weighted by molar-refractivity contribution is 7.17. The fourth-order valence-electron chi connectivity index (χ4n) is 4.05. The van der Waals surface area contributed by atoms with Crippen LogP contribution >= 0.6 is 11.3 Å². The Morgan fingerprint density at radius 1 is 1.18 bits per heavy atom. The van der Waals surface area contributed by atoms with Crippen LogP contribution < -0.4 is 5.32 Å². The van der Waals surface area contributed by atoms with Gasteiger partial charge in [-0.05, 0) is 68.1 Å². The minimum atomic E-state index is 0.175. The van der Waals surface area contributed by atoms with Crippen LogP contribution in [0, 0.1) is 5.41 Å². The largest absolute Gasteiger partial charge is 0.350 e. The van der Waals surface area contributed by atoms with Crippen molar-refractivity contribution in [1.29, 1.82) is 0 Å². The third kappa shape index (κ3) is 2.57. The summed E-state index contributed by atoms with van der Waals surface area (Å²) in [6.07, 6.45) is 6.12. The first-order valence-corrected chi connectivity index (χ1v) is 9.20. The van der Waals surface area contributed by atoms with E-state index >= 15 is 0 Å². The minimum Gasteiger partial charge on any atom is -0.350 e. The molecule has 4 nitrogen and oxygen atoms in total. The number of fused-ring (bicyclic) bond motifs is 1. The van der Waals surface area contributed by atoms with Gasteiger partial charge in [-0.2, -0.15) is 0 Å². The summed E-state index contributed by atoms with van der Waals surface area (Å²) in [5, 5.41) is 5.52. The zero-order valence-electron chi connectivity index (χ0n) is 12.9. The van der Waals surface area contributed by atoms with Gasteiger partial charge in [0.1, 0.15) is 5.69 Å². The molecule has 1 spiro atoms. The SMILES string of the molecule is O=C(c1cc2sccc2[nH]1)N1CCCC2(CCNCC2)CC1. The Bertz CT molecular complexity index is 640. The maximum Gasteiger partial charge on any atom is 0.270 e. The molecule has 4 rings (SSSR count). The molecule has 2 aromatic rings. The molecule has 2 aliphatic rings. The molecule has 2 saturated heterocycles. The number of nitrogens with one attached hydrogen (secondary N) is 2. The number of H-pyrrole nitrogens is 1. The van der Waals surface area contributed by atoms with Gasteiger partial charge in [-0.25, -0.2) is 0 Å². The van der Waals surface area contributed by atoms with Gasteiger partial charge in [0.05, 0.1) is 10.2 Å². The van der Waals surface area contributed by atoms with Crippen molar-refractivity contribution in [3.05, 3.63) is 23.2 Å². The predicted octanol–water partition coefficient (Wildman–Crippen LogP) is 3.23. The number of nitrogens with zero attached hydrogens (tertiary/aromatic N) is 1. The number of amides is 1. The first-order chi connectivity index (χ1) is 10.8. The molecule has 2 aliphatic heterocycles. The van der Waals surface area contributed by atoms with Crippen LogP contribution in [0.2, 0.25) is 0 Å². The van der Waals surface area contributed by atoms with Crippen molar-refractivity contribution in [2.24, 2.45) is 5.41 Å². The second kappa shape index (κ2) is 5.70. The van der Waals surface area contributed by atoms with E-state index in [4.69, 9.17) is 0 Å². The number of aromatic nitrogens is 1. The third-order valence-corrected chi connectivity index (χ3v) is 6.33. The van der Waals surface area contributed by atoms with E-state index in [0.717, 1.165) is 50.2 Å². The Morgan fingerprint density at radius 2 is 2.05 bits per heavy atom. The van der Waals surface area contributed by atoms with E-state index in [1.807, 2.05) is 12.1 Å². The number of thiophene rings is 1. The van der Waals surface area contributed by atoms with Gasteiger partial charge in [0, 0.05) is 13.1 Å². The fraction of sp³-hybridized carbons (Fsp3) is 0.588. The van der Waals surface area contributed by atoms with E-state index in [9.17, 15) is 4.79 Å². The summed E-state index contributed by atoms with van der Waals surface area (Å²) in [7, 11) is 0. The zero-order valence-corrected chi connectivity index (χ0v) is 13.7. The maximum absolute atomic E-state index is 12.8. The van der Waals surface area contributed by atoms with Crippen LogP contribution in [0.25, 0.3) is 10.2 Å². The predicted molar refractivity (Wildman–Crippen MR) is 90.5 cm³/mol. The molecule has 0 aromatic carbocycles. The van der Waals surface area contributed by atoms with E-state index in [-0.39, 0.29) is 5.91 Å². The zero-order chi connectivity index (χ0) is 15.0. The second-order valence-corrected chi connectivity index (χ2v) is 7.72. The number of carbonyl (C=O) groups is 1. The topological polar surface area (TPSA) is 48.1 Å². The standard InChI is InChI=1S/C17H23N3OS/c21-16(14-12-15-13(19-14)2-11-22-15)20-9-1-3-17(6-10-20)4-7-18-8-5-17/h2,11-12,18-19H,1,3-10H2. The highest BCUT2D eigenvalue weighted by atomic mass is 32.1. The lowest BCUT2D eigenvalue weighted by Crippen LogP contribution is -2.38. The number of aromatic amines is 1. The molecule has 2 N–H and O–H groups in total. The smallest absolute Gasteiger partial charge is 0.270 e. The molecule has 0 bridgehead atoms. The number of carbonyl (C=O) groups excluding carboxylic acids is 1. The third-order valence-electron chi connectivity index (χ3n) is 5.47. The molecule has 5 heteroatoms. The summed E-state index contributed by atoms with van der Waals surface area (Å²) in [6.45, 7) is 4.09. The molecule has 4 heterocycles. The van der Waals surface area contributed by atoms with E-state index in [1.165, 1.54) is 24.0 Å². The summed E-state index contributed by atoms with van der Waals surface area (Å²) >= 11 is 1.68. The highest BCUT2D eigenvalue weighted by Crippen LogP contribution is 2.39. The monoisotopic (exact) mass is 317 g/mol. The molecule has 0 saturated carbocycles. The van der Waals surface area contributed by atoms with Crippen LogP contribution in [0.4, 0.5) is 0 Å². The van der Waals surface area contributed by atoms with Gasteiger partial charge < -0.3 is 15.2 Å². The molecule has 0 unspecified atom stereocenters. The number of rotatable bonds is 1. The van der Waals surface area contributed by atoms with Gasteiger partial charge in [0.25, 0.3) is 5.91 Å². The molecule has 2 aromatic heterocycles. The van der Waals surface area contributed by atoms with Crippen LogP contribution in [-0.4, -0.2) is 42.0 Å². The van der Waals surface area contributed by atoms with E-state index in [1.54, 1.807) is 11.3 Å². The quantitative estimate of drug-likeness (QED) is 0.848. The summed E-state index contributed by atoms with van der Waals surface area (Å²) in [5.41, 5.74) is 2.32. The first kappa shape index (κ1) is 14.3. The molecule has 0 radical (unpaired) electrons. The van der Waals surface area contributed by atoms with Crippen molar-refractivity contribution in [1.82, 2.24) is 15.2 Å². The van der Waals surface area contributed by atoms with Gasteiger partial charge in [0.2, 0.25) is 0 Å². The lowest BCUT2D eigenvalue weighted by Gasteiger charge is -2.37.